The molecular formula is C32H31Cl2N3O5S. The Balaban J connectivity index is 1.71. The number of hydrogen-bond acceptors (Lipinski definition) is 5. The van der Waals surface area contributed by atoms with Crippen LogP contribution in [0.1, 0.15) is 18.1 Å². The first-order chi connectivity index (χ1) is 20.5. The van der Waals surface area contributed by atoms with Crippen LogP contribution in [0.4, 0.5) is 5.69 Å². The van der Waals surface area contributed by atoms with Gasteiger partial charge in [0.05, 0.1) is 10.6 Å². The van der Waals surface area contributed by atoms with E-state index in [9.17, 15) is 18.0 Å². The van der Waals surface area contributed by atoms with Gasteiger partial charge in [-0.3, -0.25) is 13.9 Å². The third-order valence-corrected chi connectivity index (χ3v) is 9.14. The number of aryl methyl sites for hydroxylation is 1. The molecule has 0 unspecified atom stereocenters. The Labute approximate surface area is 261 Å². The summed E-state index contributed by atoms with van der Waals surface area (Å²) in [4.78, 5) is 27.9. The predicted octanol–water partition coefficient (Wildman–Crippen LogP) is 6.45. The molecule has 8 nitrogen and oxygen atoms in total. The first-order valence-electron chi connectivity index (χ1n) is 13.4. The van der Waals surface area contributed by atoms with Crippen molar-refractivity contribution >= 4 is 50.7 Å². The summed E-state index contributed by atoms with van der Waals surface area (Å²) >= 11 is 12.4. The predicted molar refractivity (Wildman–Crippen MR) is 169 cm³/mol. The molecule has 0 radical (unpaired) electrons. The summed E-state index contributed by atoms with van der Waals surface area (Å²) in [6.07, 6.45) is 0. The Kier molecular flexibility index (Phi) is 10.3. The molecule has 0 aromatic heterocycles. The van der Waals surface area contributed by atoms with Gasteiger partial charge >= 0.3 is 0 Å². The Morgan fingerprint density at radius 1 is 0.884 bits per heavy atom. The fourth-order valence-electron chi connectivity index (χ4n) is 4.30. The van der Waals surface area contributed by atoms with E-state index < -0.39 is 34.4 Å². The highest BCUT2D eigenvalue weighted by Gasteiger charge is 2.32. The average Bonchev–Trinajstić information content (AvgIpc) is 3.00. The maximum atomic E-state index is 14.0. The van der Waals surface area contributed by atoms with Gasteiger partial charge in [0.15, 0.2) is 0 Å². The van der Waals surface area contributed by atoms with E-state index in [0.717, 1.165) is 9.87 Å². The van der Waals surface area contributed by atoms with Crippen LogP contribution in [0.3, 0.4) is 0 Å². The molecule has 4 aromatic rings. The molecule has 224 valence electrons. The first kappa shape index (κ1) is 31.9. The monoisotopic (exact) mass is 639 g/mol. The van der Waals surface area contributed by atoms with E-state index in [1.54, 1.807) is 73.7 Å². The molecule has 43 heavy (non-hydrogen) atoms. The van der Waals surface area contributed by atoms with Gasteiger partial charge in [0, 0.05) is 23.6 Å². The van der Waals surface area contributed by atoms with Crippen LogP contribution in [0, 0.1) is 6.92 Å². The highest BCUT2D eigenvalue weighted by molar-refractivity contribution is 7.92. The van der Waals surface area contributed by atoms with E-state index in [2.05, 4.69) is 5.32 Å². The average molecular weight is 641 g/mol. The SMILES string of the molecule is CNC(=O)[C@@H](C)N(Cc1ccc(Cl)cc1Cl)C(=O)CN(c1ccc(Oc2ccccc2)cc1)S(=O)(=O)c1ccc(C)cc1. The van der Waals surface area contributed by atoms with Crippen LogP contribution in [-0.2, 0) is 26.2 Å². The van der Waals surface area contributed by atoms with Crippen molar-refractivity contribution in [3.63, 3.8) is 0 Å². The van der Waals surface area contributed by atoms with Gasteiger partial charge in [0.25, 0.3) is 10.0 Å². The minimum atomic E-state index is -4.21. The number of anilines is 1. The summed E-state index contributed by atoms with van der Waals surface area (Å²) in [6, 6.07) is 25.8. The molecule has 0 aliphatic heterocycles. The van der Waals surface area contributed by atoms with Crippen molar-refractivity contribution in [2.45, 2.75) is 31.3 Å². The number of sulfonamides is 1. The fraction of sp³-hybridized carbons (Fsp3) is 0.188. The van der Waals surface area contributed by atoms with Gasteiger partial charge in [-0.1, -0.05) is 65.2 Å². The summed E-state index contributed by atoms with van der Waals surface area (Å²) in [6.45, 7) is 2.78. The van der Waals surface area contributed by atoms with Crippen LogP contribution < -0.4 is 14.4 Å². The van der Waals surface area contributed by atoms with Crippen LogP contribution in [0.5, 0.6) is 11.5 Å². The van der Waals surface area contributed by atoms with Crippen molar-refractivity contribution in [2.75, 3.05) is 17.9 Å². The minimum absolute atomic E-state index is 0.0159. The van der Waals surface area contributed by atoms with Gasteiger partial charge in [0.1, 0.15) is 24.1 Å². The largest absolute Gasteiger partial charge is 0.457 e. The number of rotatable bonds is 11. The van der Waals surface area contributed by atoms with Crippen LogP contribution in [-0.4, -0.2) is 44.8 Å². The number of nitrogens with zero attached hydrogens (tertiary/aromatic N) is 2. The van der Waals surface area contributed by atoms with Crippen LogP contribution >= 0.6 is 23.2 Å². The molecule has 1 N–H and O–H groups in total. The number of amides is 2. The molecule has 2 amide bonds. The molecule has 0 saturated heterocycles. The van der Waals surface area contributed by atoms with Gasteiger partial charge in [-0.2, -0.15) is 0 Å². The topological polar surface area (TPSA) is 96.0 Å². The molecule has 1 atom stereocenters. The molecular weight excluding hydrogens is 609 g/mol. The van der Waals surface area contributed by atoms with Crippen LogP contribution in [0.25, 0.3) is 0 Å². The highest BCUT2D eigenvalue weighted by Crippen LogP contribution is 2.29. The molecule has 4 rings (SSSR count). The minimum Gasteiger partial charge on any atom is -0.457 e. The van der Waals surface area contributed by atoms with Gasteiger partial charge in [-0.25, -0.2) is 8.42 Å². The van der Waals surface area contributed by atoms with Gasteiger partial charge in [0.2, 0.25) is 11.8 Å². The van der Waals surface area contributed by atoms with Crippen molar-refractivity contribution in [1.82, 2.24) is 10.2 Å². The number of nitrogens with one attached hydrogen (secondary N) is 1. The van der Waals surface area contributed by atoms with E-state index in [1.165, 1.54) is 24.1 Å². The van der Waals surface area contributed by atoms with Gasteiger partial charge in [-0.05, 0) is 80.1 Å². The van der Waals surface area contributed by atoms with Gasteiger partial charge in [-0.15, -0.1) is 0 Å². The van der Waals surface area contributed by atoms with Crippen LogP contribution in [0.15, 0.2) is 102 Å². The molecule has 0 aliphatic rings. The Morgan fingerprint density at radius 3 is 2.12 bits per heavy atom. The summed E-state index contributed by atoms with van der Waals surface area (Å²) in [5.41, 5.74) is 1.67. The van der Waals surface area contributed by atoms with E-state index in [4.69, 9.17) is 27.9 Å². The Hall–Kier alpha value is -4.05. The lowest BCUT2D eigenvalue weighted by molar-refractivity contribution is -0.139. The van der Waals surface area contributed by atoms with Crippen molar-refractivity contribution in [2.24, 2.45) is 0 Å². The maximum Gasteiger partial charge on any atom is 0.264 e. The summed E-state index contributed by atoms with van der Waals surface area (Å²) < 4.78 is 34.9. The standard InChI is InChI=1S/C32H31Cl2N3O5S/c1-22-9-17-29(18-10-22)43(40,41)37(26-13-15-28(16-14-26)42-27-7-5-4-6-8-27)21-31(38)36(23(2)32(39)35-3)20-24-11-12-25(33)19-30(24)34/h4-19,23H,20-21H2,1-3H3,(H,35,39)/t23-/m1/s1. The molecule has 0 bridgehead atoms. The number of likely N-dealkylation sites (N-methyl/N-ethyl adjacent to an activating group) is 1. The Morgan fingerprint density at radius 2 is 1.51 bits per heavy atom. The summed E-state index contributed by atoms with van der Waals surface area (Å²) in [5, 5.41) is 3.28. The second-order valence-electron chi connectivity index (χ2n) is 9.78. The van der Waals surface area contributed by atoms with E-state index in [-0.39, 0.29) is 17.1 Å². The van der Waals surface area contributed by atoms with E-state index >= 15 is 0 Å². The number of hydrogen-bond donors (Lipinski definition) is 1. The molecule has 0 heterocycles. The van der Waals surface area contributed by atoms with Crippen molar-refractivity contribution in [3.05, 3.63) is 118 Å². The zero-order valence-electron chi connectivity index (χ0n) is 23.8. The van der Waals surface area contributed by atoms with Crippen LogP contribution in [0.2, 0.25) is 10.0 Å². The lowest BCUT2D eigenvalue weighted by Gasteiger charge is -2.32. The van der Waals surface area contributed by atoms with Gasteiger partial charge < -0.3 is 15.0 Å². The number of benzene rings is 4. The highest BCUT2D eigenvalue weighted by atomic mass is 35.5. The first-order valence-corrected chi connectivity index (χ1v) is 15.6. The fourth-order valence-corrected chi connectivity index (χ4v) is 6.18. The second-order valence-corrected chi connectivity index (χ2v) is 12.5. The Bertz CT molecular complexity index is 1680. The van der Waals surface area contributed by atoms with Crippen molar-refractivity contribution in [3.8, 4) is 11.5 Å². The smallest absolute Gasteiger partial charge is 0.264 e. The lowest BCUT2D eigenvalue weighted by atomic mass is 10.1. The molecule has 11 heteroatoms. The number of carbonyl (C=O) groups excluding carboxylic acids is 2. The molecule has 0 saturated carbocycles. The molecule has 0 fully saturated rings. The summed E-state index contributed by atoms with van der Waals surface area (Å²) in [7, 11) is -2.75. The third kappa shape index (κ3) is 7.87. The van der Waals surface area contributed by atoms with E-state index in [1.807, 2.05) is 25.1 Å². The number of para-hydroxylation sites is 1. The number of carbonyl (C=O) groups is 2. The normalized spacial score (nSPS) is 11.8. The molecule has 0 aliphatic carbocycles. The molecule has 0 spiro atoms. The lowest BCUT2D eigenvalue weighted by Crippen LogP contribution is -2.50. The molecule has 4 aromatic carbocycles. The quantitative estimate of drug-likeness (QED) is 0.203. The van der Waals surface area contributed by atoms with Crippen molar-refractivity contribution < 1.29 is 22.7 Å². The number of ether oxygens (including phenoxy) is 1. The zero-order chi connectivity index (χ0) is 31.1. The third-order valence-electron chi connectivity index (χ3n) is 6.76. The zero-order valence-corrected chi connectivity index (χ0v) is 26.2. The van der Waals surface area contributed by atoms with E-state index in [0.29, 0.717) is 27.1 Å². The summed E-state index contributed by atoms with van der Waals surface area (Å²) in [5.74, 6) is 0.0756. The maximum absolute atomic E-state index is 14.0. The number of halogens is 2. The van der Waals surface area contributed by atoms with Crippen molar-refractivity contribution in [1.29, 1.82) is 0 Å². The second kappa shape index (κ2) is 13.9.